The third-order valence-electron chi connectivity index (χ3n) is 3.22. The molecule has 0 atom stereocenters. The van der Waals surface area contributed by atoms with Gasteiger partial charge in [0.2, 0.25) is 0 Å². The highest BCUT2D eigenvalue weighted by molar-refractivity contribution is 9.10. The van der Waals surface area contributed by atoms with E-state index < -0.39 is 0 Å². The fourth-order valence-electron chi connectivity index (χ4n) is 2.11. The van der Waals surface area contributed by atoms with Gasteiger partial charge in [-0.1, -0.05) is 28.9 Å². The van der Waals surface area contributed by atoms with Crippen molar-refractivity contribution in [2.45, 2.75) is 26.7 Å². The topological polar surface area (TPSA) is 34.9 Å². The van der Waals surface area contributed by atoms with Gasteiger partial charge in [-0.15, -0.1) is 0 Å². The molecule has 2 rings (SSSR count). The summed E-state index contributed by atoms with van der Waals surface area (Å²) in [6.45, 7) is 4.02. The first-order valence-electron chi connectivity index (χ1n) is 6.32. The highest BCUT2D eigenvalue weighted by Crippen LogP contribution is 2.18. The third kappa shape index (κ3) is 3.13. The largest absolute Gasteiger partial charge is 0.294 e. The Labute approximate surface area is 121 Å². The minimum absolute atomic E-state index is 0.135. The highest BCUT2D eigenvalue weighted by Gasteiger charge is 2.13. The molecule has 19 heavy (non-hydrogen) atoms. The summed E-state index contributed by atoms with van der Waals surface area (Å²) in [4.78, 5) is 12.3. The van der Waals surface area contributed by atoms with Crippen LogP contribution in [0.15, 0.2) is 28.7 Å². The van der Waals surface area contributed by atoms with Crippen LogP contribution >= 0.6 is 15.9 Å². The van der Waals surface area contributed by atoms with Gasteiger partial charge >= 0.3 is 0 Å². The van der Waals surface area contributed by atoms with E-state index in [1.165, 1.54) is 0 Å². The fourth-order valence-corrected chi connectivity index (χ4v) is 2.58. The second-order valence-corrected chi connectivity index (χ2v) is 5.58. The van der Waals surface area contributed by atoms with Gasteiger partial charge in [0.05, 0.1) is 12.1 Å². The zero-order valence-electron chi connectivity index (χ0n) is 11.4. The molecule has 1 aromatic carbocycles. The molecule has 100 valence electrons. The number of ketones is 1. The molecule has 1 aromatic heterocycles. The molecule has 0 radical (unpaired) electrons. The van der Waals surface area contributed by atoms with E-state index in [2.05, 4.69) is 28.0 Å². The number of halogens is 1. The molecule has 0 fully saturated rings. The van der Waals surface area contributed by atoms with Crippen LogP contribution in [0.1, 0.15) is 34.2 Å². The summed E-state index contributed by atoms with van der Waals surface area (Å²) in [6, 6.07) is 7.75. The third-order valence-corrected chi connectivity index (χ3v) is 3.71. The van der Waals surface area contributed by atoms with E-state index in [0.717, 1.165) is 33.4 Å². The van der Waals surface area contributed by atoms with Crippen molar-refractivity contribution in [2.75, 3.05) is 0 Å². The summed E-state index contributed by atoms with van der Waals surface area (Å²) in [5.74, 6) is 0.135. The smallest absolute Gasteiger partial charge is 0.169 e. The van der Waals surface area contributed by atoms with Crippen LogP contribution in [0, 0.1) is 6.92 Å². The van der Waals surface area contributed by atoms with Gasteiger partial charge in [0, 0.05) is 22.8 Å². The maximum Gasteiger partial charge on any atom is 0.169 e. The molecule has 2 aromatic rings. The summed E-state index contributed by atoms with van der Waals surface area (Å²) >= 11 is 3.41. The number of aryl methyl sites for hydroxylation is 3. The summed E-state index contributed by atoms with van der Waals surface area (Å²) in [7, 11) is 1.89. The molecule has 4 heteroatoms. The maximum absolute atomic E-state index is 12.3. The van der Waals surface area contributed by atoms with Crippen molar-refractivity contribution >= 4 is 21.7 Å². The number of rotatable bonds is 4. The zero-order valence-corrected chi connectivity index (χ0v) is 13.0. The Morgan fingerprint density at radius 3 is 2.68 bits per heavy atom. The number of carbonyl (C=O) groups excluding carboxylic acids is 1. The number of nitrogens with zero attached hydrogens (tertiary/aromatic N) is 2. The van der Waals surface area contributed by atoms with Crippen molar-refractivity contribution in [3.63, 3.8) is 0 Å². The highest BCUT2D eigenvalue weighted by atomic mass is 79.9. The van der Waals surface area contributed by atoms with Crippen LogP contribution in [0.5, 0.6) is 0 Å². The number of Topliss-reactive ketones (excluding diaryl/α,β-unsaturated/α-hetero) is 1. The normalized spacial score (nSPS) is 10.7. The predicted octanol–water partition coefficient (Wildman–Crippen LogP) is 3.48. The Kier molecular flexibility index (Phi) is 4.20. The Balaban J connectivity index is 2.23. The van der Waals surface area contributed by atoms with Crippen molar-refractivity contribution in [3.05, 3.63) is 51.3 Å². The summed E-state index contributed by atoms with van der Waals surface area (Å²) in [5.41, 5.74) is 3.77. The minimum Gasteiger partial charge on any atom is -0.294 e. The SMILES string of the molecule is CCc1cc(CC(=O)c2ccc(Br)cc2C)n(C)n1. The van der Waals surface area contributed by atoms with Crippen LogP contribution in [0.4, 0.5) is 0 Å². The summed E-state index contributed by atoms with van der Waals surface area (Å²) < 4.78 is 2.79. The number of hydrogen-bond acceptors (Lipinski definition) is 2. The van der Waals surface area contributed by atoms with Crippen LogP contribution in [-0.4, -0.2) is 15.6 Å². The standard InChI is InChI=1S/C15H17BrN2O/c1-4-12-8-13(18(3)17-12)9-15(19)14-6-5-11(16)7-10(14)2/h5-8H,4,9H2,1-3H3. The number of aromatic nitrogens is 2. The van der Waals surface area contributed by atoms with E-state index >= 15 is 0 Å². The Morgan fingerprint density at radius 1 is 1.37 bits per heavy atom. The molecule has 0 aliphatic heterocycles. The Hall–Kier alpha value is -1.42. The average molecular weight is 321 g/mol. The van der Waals surface area contributed by atoms with Crippen LogP contribution in [-0.2, 0) is 19.9 Å². The molecular formula is C15H17BrN2O. The Morgan fingerprint density at radius 2 is 2.11 bits per heavy atom. The lowest BCUT2D eigenvalue weighted by Crippen LogP contribution is -2.09. The summed E-state index contributed by atoms with van der Waals surface area (Å²) in [6.07, 6.45) is 1.28. The quantitative estimate of drug-likeness (QED) is 0.808. The minimum atomic E-state index is 0.135. The van der Waals surface area contributed by atoms with Crippen molar-refractivity contribution in [3.8, 4) is 0 Å². The van der Waals surface area contributed by atoms with E-state index in [1.54, 1.807) is 4.68 Å². The second-order valence-electron chi connectivity index (χ2n) is 4.66. The molecule has 0 N–H and O–H groups in total. The van der Waals surface area contributed by atoms with Gasteiger partial charge in [0.25, 0.3) is 0 Å². The molecule has 0 bridgehead atoms. The fraction of sp³-hybridized carbons (Fsp3) is 0.333. The van der Waals surface area contributed by atoms with Crippen LogP contribution < -0.4 is 0 Å². The molecule has 0 saturated heterocycles. The molecular weight excluding hydrogens is 304 g/mol. The van der Waals surface area contributed by atoms with Gasteiger partial charge in [0.1, 0.15) is 0 Å². The van der Waals surface area contributed by atoms with Crippen molar-refractivity contribution in [1.82, 2.24) is 9.78 Å². The van der Waals surface area contributed by atoms with Gasteiger partial charge < -0.3 is 0 Å². The molecule has 0 amide bonds. The Bertz CT molecular complexity index is 617. The number of hydrogen-bond donors (Lipinski definition) is 0. The van der Waals surface area contributed by atoms with Gasteiger partial charge in [-0.05, 0) is 37.1 Å². The molecule has 0 unspecified atom stereocenters. The number of benzene rings is 1. The van der Waals surface area contributed by atoms with E-state index in [9.17, 15) is 4.79 Å². The van der Waals surface area contributed by atoms with Crippen molar-refractivity contribution in [1.29, 1.82) is 0 Å². The van der Waals surface area contributed by atoms with E-state index in [4.69, 9.17) is 0 Å². The van der Waals surface area contributed by atoms with E-state index in [0.29, 0.717) is 6.42 Å². The molecule has 0 saturated carbocycles. The first-order valence-corrected chi connectivity index (χ1v) is 7.11. The lowest BCUT2D eigenvalue weighted by Gasteiger charge is -2.05. The van der Waals surface area contributed by atoms with E-state index in [1.807, 2.05) is 38.2 Å². The molecule has 1 heterocycles. The predicted molar refractivity (Wildman–Crippen MR) is 79.5 cm³/mol. The van der Waals surface area contributed by atoms with Gasteiger partial charge in [-0.25, -0.2) is 0 Å². The molecule has 3 nitrogen and oxygen atoms in total. The average Bonchev–Trinajstić information content (AvgIpc) is 2.70. The summed E-state index contributed by atoms with van der Waals surface area (Å²) in [5, 5.41) is 4.37. The van der Waals surface area contributed by atoms with Gasteiger partial charge in [0.15, 0.2) is 5.78 Å². The first-order chi connectivity index (χ1) is 9.01. The lowest BCUT2D eigenvalue weighted by molar-refractivity contribution is 0.0990. The van der Waals surface area contributed by atoms with Crippen molar-refractivity contribution < 1.29 is 4.79 Å². The molecule has 0 spiro atoms. The van der Waals surface area contributed by atoms with Crippen LogP contribution in [0.25, 0.3) is 0 Å². The lowest BCUT2D eigenvalue weighted by atomic mass is 10.0. The number of carbonyl (C=O) groups is 1. The van der Waals surface area contributed by atoms with Crippen LogP contribution in [0.3, 0.4) is 0 Å². The molecule has 0 aliphatic rings. The van der Waals surface area contributed by atoms with Crippen molar-refractivity contribution in [2.24, 2.45) is 7.05 Å². The van der Waals surface area contributed by atoms with Gasteiger partial charge in [-0.2, -0.15) is 5.10 Å². The first kappa shape index (κ1) is 14.0. The molecule has 0 aliphatic carbocycles. The maximum atomic E-state index is 12.3. The second kappa shape index (κ2) is 5.70. The monoisotopic (exact) mass is 320 g/mol. The van der Waals surface area contributed by atoms with Crippen LogP contribution in [0.2, 0.25) is 0 Å². The van der Waals surface area contributed by atoms with Gasteiger partial charge in [-0.3, -0.25) is 9.48 Å². The zero-order chi connectivity index (χ0) is 14.0. The van der Waals surface area contributed by atoms with E-state index in [-0.39, 0.29) is 5.78 Å².